The summed E-state index contributed by atoms with van der Waals surface area (Å²) in [6.45, 7) is 0.528. The number of nitrogens with one attached hydrogen (secondary N) is 2. The number of urea groups is 1. The highest BCUT2D eigenvalue weighted by Crippen LogP contribution is 2.30. The number of aliphatic hydroxyl groups is 1. The Morgan fingerprint density at radius 1 is 1.43 bits per heavy atom. The van der Waals surface area contributed by atoms with E-state index in [-0.39, 0.29) is 12.1 Å². The molecule has 3 rings (SSSR count). The lowest BCUT2D eigenvalue weighted by Gasteiger charge is -2.18. The highest BCUT2D eigenvalue weighted by molar-refractivity contribution is 7.07. The standard InChI is InChI=1S/C15H17N3O2S/c19-13-7-10-3-1-2-4-12(10)14(13)18-15(20)16-6-5-11-8-21-9-17-11/h1-4,8-9,13-14,19H,5-7H2,(H2,16,18,20)/t13-,14+/m0/s1. The topological polar surface area (TPSA) is 74.2 Å². The van der Waals surface area contributed by atoms with Crippen molar-refractivity contribution in [3.63, 3.8) is 0 Å². The van der Waals surface area contributed by atoms with Crippen LogP contribution in [0.1, 0.15) is 22.9 Å². The summed E-state index contributed by atoms with van der Waals surface area (Å²) in [5.41, 5.74) is 4.85. The van der Waals surface area contributed by atoms with E-state index in [1.807, 2.05) is 29.6 Å². The highest BCUT2D eigenvalue weighted by atomic mass is 32.1. The first kappa shape index (κ1) is 14.0. The maximum Gasteiger partial charge on any atom is 0.315 e. The van der Waals surface area contributed by atoms with E-state index in [9.17, 15) is 9.90 Å². The molecule has 0 spiro atoms. The van der Waals surface area contributed by atoms with Crippen LogP contribution < -0.4 is 10.6 Å². The van der Waals surface area contributed by atoms with Crippen molar-refractivity contribution in [2.24, 2.45) is 0 Å². The summed E-state index contributed by atoms with van der Waals surface area (Å²) < 4.78 is 0. The molecular formula is C15H17N3O2S. The van der Waals surface area contributed by atoms with Gasteiger partial charge in [-0.1, -0.05) is 24.3 Å². The lowest BCUT2D eigenvalue weighted by atomic mass is 10.1. The van der Waals surface area contributed by atoms with E-state index in [0.29, 0.717) is 19.4 Å². The Kier molecular flexibility index (Phi) is 4.17. The third-order valence-electron chi connectivity index (χ3n) is 3.64. The number of benzene rings is 1. The fourth-order valence-electron chi connectivity index (χ4n) is 2.61. The monoisotopic (exact) mass is 303 g/mol. The van der Waals surface area contributed by atoms with Crippen LogP contribution in [-0.4, -0.2) is 28.8 Å². The largest absolute Gasteiger partial charge is 0.390 e. The van der Waals surface area contributed by atoms with E-state index in [4.69, 9.17) is 0 Å². The summed E-state index contributed by atoms with van der Waals surface area (Å²) in [6, 6.07) is 7.21. The van der Waals surface area contributed by atoms with Gasteiger partial charge in [0.25, 0.3) is 0 Å². The Hall–Kier alpha value is -1.92. The van der Waals surface area contributed by atoms with E-state index in [1.165, 1.54) is 0 Å². The predicted octanol–water partition coefficient (Wildman–Crippen LogP) is 1.64. The van der Waals surface area contributed by atoms with Gasteiger partial charge in [-0.3, -0.25) is 0 Å². The van der Waals surface area contributed by atoms with Gasteiger partial charge in [0.2, 0.25) is 0 Å². The Morgan fingerprint density at radius 2 is 2.29 bits per heavy atom. The van der Waals surface area contributed by atoms with Gasteiger partial charge in [0, 0.05) is 24.8 Å². The minimum atomic E-state index is -0.563. The lowest BCUT2D eigenvalue weighted by molar-refractivity contribution is 0.142. The average Bonchev–Trinajstić information content (AvgIpc) is 3.08. The van der Waals surface area contributed by atoms with Gasteiger partial charge in [0.15, 0.2) is 0 Å². The zero-order chi connectivity index (χ0) is 14.7. The van der Waals surface area contributed by atoms with Crippen LogP contribution in [0, 0.1) is 0 Å². The molecule has 1 aliphatic rings. The second kappa shape index (κ2) is 6.24. The van der Waals surface area contributed by atoms with Crippen molar-refractivity contribution in [2.45, 2.75) is 25.0 Å². The van der Waals surface area contributed by atoms with Crippen LogP contribution in [0.25, 0.3) is 0 Å². The van der Waals surface area contributed by atoms with Crippen LogP contribution in [-0.2, 0) is 12.8 Å². The molecular weight excluding hydrogens is 286 g/mol. The Morgan fingerprint density at radius 3 is 3.10 bits per heavy atom. The molecule has 0 bridgehead atoms. The van der Waals surface area contributed by atoms with Crippen molar-refractivity contribution < 1.29 is 9.90 Å². The number of nitrogens with zero attached hydrogens (tertiary/aromatic N) is 1. The van der Waals surface area contributed by atoms with E-state index in [1.54, 1.807) is 16.8 Å². The van der Waals surface area contributed by atoms with Crippen LogP contribution in [0.2, 0.25) is 0 Å². The smallest absolute Gasteiger partial charge is 0.315 e. The molecule has 0 saturated carbocycles. The molecule has 2 aromatic rings. The number of thiazole rings is 1. The first-order valence-corrected chi connectivity index (χ1v) is 7.85. The van der Waals surface area contributed by atoms with Crippen molar-refractivity contribution >= 4 is 17.4 Å². The summed E-state index contributed by atoms with van der Waals surface area (Å²) in [7, 11) is 0. The highest BCUT2D eigenvalue weighted by Gasteiger charge is 2.31. The van der Waals surface area contributed by atoms with Crippen molar-refractivity contribution in [2.75, 3.05) is 6.54 Å². The maximum atomic E-state index is 11.9. The third kappa shape index (κ3) is 3.22. The zero-order valence-corrected chi connectivity index (χ0v) is 12.3. The van der Waals surface area contributed by atoms with Crippen LogP contribution in [0.5, 0.6) is 0 Å². The molecule has 1 aliphatic carbocycles. The number of hydrogen-bond donors (Lipinski definition) is 3. The van der Waals surface area contributed by atoms with Crippen molar-refractivity contribution in [3.05, 3.63) is 52.0 Å². The Bertz CT molecular complexity index is 615. The van der Waals surface area contributed by atoms with Gasteiger partial charge in [-0.05, 0) is 11.1 Å². The van der Waals surface area contributed by atoms with E-state index < -0.39 is 6.10 Å². The van der Waals surface area contributed by atoms with Gasteiger partial charge < -0.3 is 15.7 Å². The van der Waals surface area contributed by atoms with Gasteiger partial charge in [0.05, 0.1) is 23.4 Å². The molecule has 5 nitrogen and oxygen atoms in total. The molecule has 1 heterocycles. The van der Waals surface area contributed by atoms with Crippen LogP contribution in [0.15, 0.2) is 35.2 Å². The fourth-order valence-corrected chi connectivity index (χ4v) is 3.20. The number of fused-ring (bicyclic) bond motifs is 1. The van der Waals surface area contributed by atoms with Crippen LogP contribution in [0.3, 0.4) is 0 Å². The molecule has 6 heteroatoms. The van der Waals surface area contributed by atoms with Gasteiger partial charge in [-0.15, -0.1) is 11.3 Å². The van der Waals surface area contributed by atoms with Crippen molar-refractivity contribution in [3.8, 4) is 0 Å². The average molecular weight is 303 g/mol. The molecule has 1 aromatic carbocycles. The van der Waals surface area contributed by atoms with Gasteiger partial charge in [-0.25, -0.2) is 9.78 Å². The Labute approximate surface area is 127 Å². The third-order valence-corrected chi connectivity index (χ3v) is 4.28. The second-order valence-electron chi connectivity index (χ2n) is 5.08. The predicted molar refractivity (Wildman–Crippen MR) is 81.2 cm³/mol. The fraction of sp³-hybridized carbons (Fsp3) is 0.333. The summed E-state index contributed by atoms with van der Waals surface area (Å²) in [5, 5.41) is 17.7. The van der Waals surface area contributed by atoms with Gasteiger partial charge >= 0.3 is 6.03 Å². The lowest BCUT2D eigenvalue weighted by Crippen LogP contribution is -2.41. The van der Waals surface area contributed by atoms with E-state index in [2.05, 4.69) is 15.6 Å². The molecule has 3 N–H and O–H groups in total. The Balaban J connectivity index is 1.53. The number of carbonyl (C=O) groups is 1. The minimum Gasteiger partial charge on any atom is -0.390 e. The van der Waals surface area contributed by atoms with E-state index >= 15 is 0 Å². The summed E-state index contributed by atoms with van der Waals surface area (Å²) >= 11 is 1.54. The summed E-state index contributed by atoms with van der Waals surface area (Å²) in [6.07, 6.45) is 0.729. The van der Waals surface area contributed by atoms with Crippen LogP contribution >= 0.6 is 11.3 Å². The molecule has 2 atom stereocenters. The number of aliphatic hydroxyl groups excluding tert-OH is 1. The number of hydrogen-bond acceptors (Lipinski definition) is 4. The second-order valence-corrected chi connectivity index (χ2v) is 5.80. The zero-order valence-electron chi connectivity index (χ0n) is 11.5. The number of amides is 2. The van der Waals surface area contributed by atoms with Crippen molar-refractivity contribution in [1.29, 1.82) is 0 Å². The molecule has 110 valence electrons. The molecule has 0 aliphatic heterocycles. The molecule has 1 aromatic heterocycles. The van der Waals surface area contributed by atoms with Gasteiger partial charge in [-0.2, -0.15) is 0 Å². The minimum absolute atomic E-state index is 0.258. The number of aromatic nitrogens is 1. The van der Waals surface area contributed by atoms with Crippen LogP contribution in [0.4, 0.5) is 4.79 Å². The normalized spacial score (nSPS) is 20.0. The van der Waals surface area contributed by atoms with Crippen molar-refractivity contribution in [1.82, 2.24) is 15.6 Å². The first-order valence-electron chi connectivity index (χ1n) is 6.91. The quantitative estimate of drug-likeness (QED) is 0.804. The number of rotatable bonds is 4. The number of carbonyl (C=O) groups excluding carboxylic acids is 1. The van der Waals surface area contributed by atoms with Gasteiger partial charge in [0.1, 0.15) is 0 Å². The SMILES string of the molecule is O=C(NCCc1cscn1)N[C@@H]1c2ccccc2C[C@@H]1O. The molecule has 0 fully saturated rings. The molecule has 0 radical (unpaired) electrons. The molecule has 21 heavy (non-hydrogen) atoms. The molecule has 0 saturated heterocycles. The first-order chi connectivity index (χ1) is 10.2. The maximum absolute atomic E-state index is 11.9. The summed E-state index contributed by atoms with van der Waals surface area (Å²) in [5.74, 6) is 0. The molecule has 2 amide bonds. The summed E-state index contributed by atoms with van der Waals surface area (Å²) in [4.78, 5) is 16.1. The molecule has 0 unspecified atom stereocenters. The van der Waals surface area contributed by atoms with E-state index in [0.717, 1.165) is 16.8 Å².